The van der Waals surface area contributed by atoms with Crippen molar-refractivity contribution in [1.29, 1.82) is 0 Å². The molecule has 1 aliphatic heterocycles. The summed E-state index contributed by atoms with van der Waals surface area (Å²) in [5.41, 5.74) is 4.65. The van der Waals surface area contributed by atoms with Gasteiger partial charge in [-0.3, -0.25) is 14.6 Å². The van der Waals surface area contributed by atoms with Crippen LogP contribution in [0.3, 0.4) is 0 Å². The van der Waals surface area contributed by atoms with Gasteiger partial charge in [-0.05, 0) is 38.0 Å². The number of rotatable bonds is 7. The predicted octanol–water partition coefficient (Wildman–Crippen LogP) is 1.99. The molecule has 1 atom stereocenters. The molecule has 0 spiro atoms. The second-order valence-corrected chi connectivity index (χ2v) is 7.78. The van der Waals surface area contributed by atoms with E-state index >= 15 is 0 Å². The van der Waals surface area contributed by atoms with Crippen molar-refractivity contribution in [1.82, 2.24) is 25.3 Å². The van der Waals surface area contributed by atoms with E-state index in [1.807, 2.05) is 31.8 Å². The number of aromatic nitrogens is 2. The van der Waals surface area contributed by atoms with Gasteiger partial charge < -0.3 is 20.1 Å². The lowest BCUT2D eigenvalue weighted by Crippen LogP contribution is -2.44. The molecule has 2 aromatic rings. The molecule has 8 heteroatoms. The van der Waals surface area contributed by atoms with E-state index in [0.29, 0.717) is 12.6 Å². The number of aliphatic imine (C=N–C) groups is 1. The Labute approximate surface area is 179 Å². The Kier molecular flexibility index (Phi) is 7.20. The van der Waals surface area contributed by atoms with Gasteiger partial charge in [-0.1, -0.05) is 0 Å². The summed E-state index contributed by atoms with van der Waals surface area (Å²) < 4.78 is 12.7. The number of guanidine groups is 1. The molecule has 1 aromatic carbocycles. The monoisotopic (exact) mass is 414 g/mol. The number of nitrogens with zero attached hydrogens (tertiary/aromatic N) is 4. The van der Waals surface area contributed by atoms with Crippen LogP contribution in [-0.2, 0) is 20.1 Å². The molecule has 2 heterocycles. The molecule has 0 aliphatic carbocycles. The predicted molar refractivity (Wildman–Crippen MR) is 119 cm³/mol. The van der Waals surface area contributed by atoms with Gasteiger partial charge in [-0.25, -0.2) is 0 Å². The summed E-state index contributed by atoms with van der Waals surface area (Å²) in [4.78, 5) is 6.84. The lowest BCUT2D eigenvalue weighted by molar-refractivity contribution is 0.321. The minimum atomic E-state index is 0.361. The third-order valence-corrected chi connectivity index (χ3v) is 5.75. The number of nitrogens with one attached hydrogen (secondary N) is 2. The Hall–Kier alpha value is -2.74. The minimum Gasteiger partial charge on any atom is -0.497 e. The summed E-state index contributed by atoms with van der Waals surface area (Å²) >= 11 is 0. The van der Waals surface area contributed by atoms with Crippen LogP contribution >= 0.6 is 0 Å². The van der Waals surface area contributed by atoms with Crippen molar-refractivity contribution in [3.8, 4) is 11.5 Å². The highest BCUT2D eigenvalue weighted by Gasteiger charge is 2.23. The number of hydrogen-bond acceptors (Lipinski definition) is 5. The molecule has 3 rings (SSSR count). The van der Waals surface area contributed by atoms with E-state index in [1.54, 1.807) is 14.2 Å². The SMILES string of the molecule is CN=C(NCc1c(C)nn(C)c1C)NC1CCN(Cc2cc(OC)cc(OC)c2)C1. The molecule has 0 bridgehead atoms. The van der Waals surface area contributed by atoms with Crippen molar-refractivity contribution in [3.63, 3.8) is 0 Å². The van der Waals surface area contributed by atoms with Crippen LogP contribution in [0, 0.1) is 13.8 Å². The van der Waals surface area contributed by atoms with Crippen molar-refractivity contribution in [2.75, 3.05) is 34.4 Å². The summed E-state index contributed by atoms with van der Waals surface area (Å²) in [7, 11) is 7.15. The molecule has 0 amide bonds. The minimum absolute atomic E-state index is 0.361. The van der Waals surface area contributed by atoms with Crippen LogP contribution in [0.15, 0.2) is 23.2 Å². The first-order valence-corrected chi connectivity index (χ1v) is 10.3. The zero-order valence-electron chi connectivity index (χ0n) is 19.0. The summed E-state index contributed by atoms with van der Waals surface area (Å²) in [5.74, 6) is 2.47. The van der Waals surface area contributed by atoms with Gasteiger partial charge in [-0.15, -0.1) is 0 Å². The number of methoxy groups -OCH3 is 2. The molecular formula is C22H34N6O2. The van der Waals surface area contributed by atoms with Crippen molar-refractivity contribution < 1.29 is 9.47 Å². The molecule has 0 radical (unpaired) electrons. The van der Waals surface area contributed by atoms with Crippen molar-refractivity contribution >= 4 is 5.96 Å². The van der Waals surface area contributed by atoms with Crippen molar-refractivity contribution in [2.24, 2.45) is 12.0 Å². The van der Waals surface area contributed by atoms with Gasteiger partial charge in [-0.2, -0.15) is 5.10 Å². The van der Waals surface area contributed by atoms with Gasteiger partial charge in [0.05, 0.1) is 19.9 Å². The maximum atomic E-state index is 5.39. The number of hydrogen-bond donors (Lipinski definition) is 2. The number of aryl methyl sites for hydroxylation is 2. The molecule has 1 aliphatic rings. The van der Waals surface area contributed by atoms with Crippen LogP contribution in [0.5, 0.6) is 11.5 Å². The first kappa shape index (κ1) is 22.0. The lowest BCUT2D eigenvalue weighted by atomic mass is 10.2. The molecule has 1 saturated heterocycles. The maximum absolute atomic E-state index is 5.39. The van der Waals surface area contributed by atoms with E-state index in [4.69, 9.17) is 9.47 Å². The number of benzene rings is 1. The average Bonchev–Trinajstić information content (AvgIpc) is 3.28. The summed E-state index contributed by atoms with van der Waals surface area (Å²) in [5, 5.41) is 11.5. The van der Waals surface area contributed by atoms with Gasteiger partial charge >= 0.3 is 0 Å². The smallest absolute Gasteiger partial charge is 0.191 e. The first-order valence-electron chi connectivity index (χ1n) is 10.3. The molecule has 30 heavy (non-hydrogen) atoms. The number of likely N-dealkylation sites (tertiary alicyclic amines) is 1. The van der Waals surface area contributed by atoms with Gasteiger partial charge in [0, 0.05) is 63.6 Å². The molecular weight excluding hydrogens is 380 g/mol. The molecule has 1 fully saturated rings. The molecule has 2 N–H and O–H groups in total. The number of ether oxygens (including phenoxy) is 2. The van der Waals surface area contributed by atoms with Crippen LogP contribution in [0.1, 0.15) is 28.9 Å². The van der Waals surface area contributed by atoms with E-state index in [-0.39, 0.29) is 0 Å². The van der Waals surface area contributed by atoms with E-state index in [2.05, 4.69) is 44.7 Å². The Morgan fingerprint density at radius 1 is 1.20 bits per heavy atom. The van der Waals surface area contributed by atoms with E-state index < -0.39 is 0 Å². The van der Waals surface area contributed by atoms with Crippen LogP contribution in [-0.4, -0.2) is 61.0 Å². The topological polar surface area (TPSA) is 75.9 Å². The second kappa shape index (κ2) is 9.84. The van der Waals surface area contributed by atoms with Crippen LogP contribution in [0.4, 0.5) is 0 Å². The third-order valence-electron chi connectivity index (χ3n) is 5.75. The first-order chi connectivity index (χ1) is 14.4. The van der Waals surface area contributed by atoms with Crippen LogP contribution < -0.4 is 20.1 Å². The Bertz CT molecular complexity index is 870. The molecule has 0 saturated carbocycles. The van der Waals surface area contributed by atoms with Crippen LogP contribution in [0.25, 0.3) is 0 Å². The molecule has 8 nitrogen and oxygen atoms in total. The highest BCUT2D eigenvalue weighted by atomic mass is 16.5. The molecule has 1 aromatic heterocycles. The molecule has 164 valence electrons. The van der Waals surface area contributed by atoms with Gasteiger partial charge in [0.25, 0.3) is 0 Å². The highest BCUT2D eigenvalue weighted by molar-refractivity contribution is 5.80. The molecule has 1 unspecified atom stereocenters. The van der Waals surface area contributed by atoms with E-state index in [9.17, 15) is 0 Å². The van der Waals surface area contributed by atoms with E-state index in [1.165, 1.54) is 16.8 Å². The standard InChI is InChI=1S/C22H34N6O2/c1-15-21(16(2)27(4)26-15)12-24-22(23-3)25-18-7-8-28(14-18)13-17-9-19(29-5)11-20(10-17)30-6/h9-11,18H,7-8,12-14H2,1-6H3,(H2,23,24,25). The Morgan fingerprint density at radius 3 is 2.47 bits per heavy atom. The Morgan fingerprint density at radius 2 is 1.90 bits per heavy atom. The lowest BCUT2D eigenvalue weighted by Gasteiger charge is -2.19. The van der Waals surface area contributed by atoms with E-state index in [0.717, 1.165) is 49.2 Å². The highest BCUT2D eigenvalue weighted by Crippen LogP contribution is 2.24. The zero-order chi connectivity index (χ0) is 21.7. The summed E-state index contributed by atoms with van der Waals surface area (Å²) in [6, 6.07) is 6.41. The zero-order valence-corrected chi connectivity index (χ0v) is 19.0. The Balaban J connectivity index is 1.53. The quantitative estimate of drug-likeness (QED) is 0.533. The fourth-order valence-electron chi connectivity index (χ4n) is 3.94. The van der Waals surface area contributed by atoms with Gasteiger partial charge in [0.1, 0.15) is 11.5 Å². The maximum Gasteiger partial charge on any atom is 0.191 e. The fraction of sp³-hybridized carbons (Fsp3) is 0.545. The van der Waals surface area contributed by atoms with Crippen LogP contribution in [0.2, 0.25) is 0 Å². The van der Waals surface area contributed by atoms with Gasteiger partial charge in [0.2, 0.25) is 0 Å². The normalized spacial score (nSPS) is 17.3. The van der Waals surface area contributed by atoms with Crippen molar-refractivity contribution in [2.45, 2.75) is 39.4 Å². The second-order valence-electron chi connectivity index (χ2n) is 7.78. The fourth-order valence-corrected chi connectivity index (χ4v) is 3.94. The van der Waals surface area contributed by atoms with Crippen molar-refractivity contribution in [3.05, 3.63) is 40.7 Å². The third kappa shape index (κ3) is 5.24. The van der Waals surface area contributed by atoms with Gasteiger partial charge in [0.15, 0.2) is 5.96 Å². The summed E-state index contributed by atoms with van der Waals surface area (Å²) in [6.45, 7) is 7.72. The largest absolute Gasteiger partial charge is 0.497 e. The average molecular weight is 415 g/mol. The summed E-state index contributed by atoms with van der Waals surface area (Å²) in [6.07, 6.45) is 1.08.